The standard InChI is InChI=1S/C25H23N7O8S2.C24H26N6O9S2.C21H21N7O7S2/c1-15-4-6-17(7-5-15)27-28-21-13-23(42(37,38)39)22(12-20(21)26-14-40-3)29-30-24-16(2)31-32(25(24)33)18-8-10-19(11-9-18)41(34,35)36;1-5-30-23(31)17(12-40(33,34)35)15(3)22(24(30)32)29-28-20-10-18(25-13-39-4)19(11-21(20)41(36,37)38)27-26-16-8-6-14(2)7-9-16;1-12-3-5-13(6-4-12)25-27-18-10-21(37(32,33)34)19(8-17(18)24-11-35-2)28-26-16-9-20(36(29,30)31)15(23)7-14(16)22/h4-14,31H,1-3H3,(H,34,35,36)(H,37,38,39);6-11,13,31H,5,12H2,1-4H3,(H,33,34,35)(H,36,37,38);3-11H,22-23H2,1-2H3,(H,29,30,31)(H,32,33,34). The number of ether oxygens (including phenoxy) is 3. The van der Waals surface area contributed by atoms with Gasteiger partial charge < -0.3 is 30.8 Å². The van der Waals surface area contributed by atoms with Crippen LogP contribution in [0.15, 0.2) is 256 Å². The summed E-state index contributed by atoms with van der Waals surface area (Å²) in [6, 6.07) is 34.0. The molecular weight excluding hydrogens is 1700 g/mol. The van der Waals surface area contributed by atoms with Crippen molar-refractivity contribution in [3.63, 3.8) is 0 Å². The molecule has 0 aliphatic rings. The quantitative estimate of drug-likeness (QED) is 0.00751. The number of aryl methyl sites for hydroxylation is 4. The Morgan fingerprint density at radius 1 is 0.392 bits per heavy atom. The van der Waals surface area contributed by atoms with Crippen molar-refractivity contribution >= 4 is 177 Å². The predicted octanol–water partition coefficient (Wildman–Crippen LogP) is 15.2. The molecule has 8 aromatic carbocycles. The van der Waals surface area contributed by atoms with Crippen LogP contribution in [0.4, 0.5) is 96.7 Å². The van der Waals surface area contributed by atoms with Crippen molar-refractivity contribution in [2.75, 3.05) is 32.8 Å². The molecule has 0 radical (unpaired) electrons. The molecule has 50 heteroatoms. The lowest BCUT2D eigenvalue weighted by Crippen LogP contribution is -2.22. The second-order valence-electron chi connectivity index (χ2n) is 24.6. The van der Waals surface area contributed by atoms with Crippen LogP contribution in [-0.4, -0.2) is 138 Å². The SMILES string of the molecule is CCn1c(O)c(CS(=O)(=O)O)c(C)c(N=Nc2cc(N=COC)c(N=Nc3ccc(C)cc3)cc2S(=O)(=O)O)c1=O.COC=Nc1cc(N=Nc2c(C)[nH]n(-c3ccc(S(=O)(=O)O)cc3)c2=O)c(S(=O)(=O)O)cc1N=Nc1ccc(C)cc1.COC=Nc1cc(N=Nc2cc(S(=O)(=O)O)c(N)cc2N)c(S(=O)(=O)O)cc1N=Nc1ccc(C)cc1. The summed E-state index contributed by atoms with van der Waals surface area (Å²) in [7, 11) is -24.4. The van der Waals surface area contributed by atoms with Crippen molar-refractivity contribution < 1.29 is 97.1 Å². The number of aromatic amines is 1. The minimum absolute atomic E-state index is 0.00419. The first-order valence-electron chi connectivity index (χ1n) is 33.5. The number of rotatable bonds is 27. The summed E-state index contributed by atoms with van der Waals surface area (Å²) in [4.78, 5) is 35.0. The first-order chi connectivity index (χ1) is 56.2. The Kier molecular flexibility index (Phi) is 29.8. The molecule has 0 saturated carbocycles. The predicted molar refractivity (Wildman–Crippen MR) is 437 cm³/mol. The molecule has 0 unspecified atom stereocenters. The zero-order valence-electron chi connectivity index (χ0n) is 63.8. The lowest BCUT2D eigenvalue weighted by atomic mass is 10.1. The van der Waals surface area contributed by atoms with Crippen LogP contribution in [0.3, 0.4) is 0 Å². The highest BCUT2D eigenvalue weighted by Gasteiger charge is 2.27. The van der Waals surface area contributed by atoms with E-state index in [0.29, 0.717) is 17.1 Å². The smallest absolute Gasteiger partial charge is 0.299 e. The van der Waals surface area contributed by atoms with E-state index < -0.39 is 120 Å². The van der Waals surface area contributed by atoms with Gasteiger partial charge in [0.2, 0.25) is 0 Å². The number of nitrogens with one attached hydrogen (secondary N) is 1. The Morgan fingerprint density at radius 2 is 0.733 bits per heavy atom. The molecule has 0 bridgehead atoms. The molecule has 10 aromatic rings. The van der Waals surface area contributed by atoms with Gasteiger partial charge in [0, 0.05) is 12.1 Å². The van der Waals surface area contributed by atoms with Crippen LogP contribution >= 0.6 is 0 Å². The van der Waals surface area contributed by atoms with E-state index in [0.717, 1.165) is 99.7 Å². The highest BCUT2D eigenvalue weighted by molar-refractivity contribution is 7.87. The van der Waals surface area contributed by atoms with Crippen molar-refractivity contribution in [2.45, 2.75) is 78.3 Å². The molecule has 630 valence electrons. The number of azo groups is 6. The summed E-state index contributed by atoms with van der Waals surface area (Å²) in [5.74, 6) is -1.72. The molecule has 0 amide bonds. The van der Waals surface area contributed by atoms with Crippen molar-refractivity contribution in [1.29, 1.82) is 0 Å². The van der Waals surface area contributed by atoms with Gasteiger partial charge in [0.15, 0.2) is 36.5 Å². The number of nitrogens with zero attached hydrogens (tertiary/aromatic N) is 17. The fraction of sp³-hybridized carbons (Fsp3) is 0.157. The van der Waals surface area contributed by atoms with Crippen LogP contribution in [0, 0.1) is 34.6 Å². The zero-order chi connectivity index (χ0) is 88.6. The highest BCUT2D eigenvalue weighted by atomic mass is 32.2. The van der Waals surface area contributed by atoms with E-state index in [-0.39, 0.29) is 96.5 Å². The second-order valence-corrected chi connectivity index (χ2v) is 33.1. The van der Waals surface area contributed by atoms with Crippen LogP contribution < -0.4 is 22.6 Å². The Balaban J connectivity index is 0.000000225. The number of H-pyrrole nitrogens is 1. The Morgan fingerprint density at radius 3 is 1.07 bits per heavy atom. The average molecular weight is 1770 g/mol. The van der Waals surface area contributed by atoms with Gasteiger partial charge in [-0.25, -0.2) is 19.7 Å². The maximum Gasteiger partial charge on any atom is 0.299 e. The van der Waals surface area contributed by atoms with E-state index in [1.807, 2.05) is 45.0 Å². The fourth-order valence-corrected chi connectivity index (χ4v) is 13.7. The summed E-state index contributed by atoms with van der Waals surface area (Å²) in [5, 5.41) is 60.6. The van der Waals surface area contributed by atoms with Gasteiger partial charge in [0.25, 0.3) is 71.8 Å². The van der Waals surface area contributed by atoms with Crippen molar-refractivity contribution in [3.05, 3.63) is 200 Å². The number of methoxy groups -OCH3 is 3. The second kappa shape index (κ2) is 38.8. The van der Waals surface area contributed by atoms with Crippen molar-refractivity contribution in [1.82, 2.24) is 14.3 Å². The molecule has 2 heterocycles. The molecule has 2 aromatic heterocycles. The number of aliphatic imine (C=N–C) groups is 3. The van der Waals surface area contributed by atoms with Crippen molar-refractivity contribution in [2.24, 2.45) is 76.3 Å². The number of hydrogen-bond donors (Lipinski definition) is 10. The van der Waals surface area contributed by atoms with E-state index in [1.54, 1.807) is 48.5 Å². The third-order valence-corrected chi connectivity index (χ3v) is 21.0. The van der Waals surface area contributed by atoms with Crippen LogP contribution in [0.5, 0.6) is 5.88 Å². The van der Waals surface area contributed by atoms with Gasteiger partial charge in [-0.05, 0) is 156 Å². The Bertz CT molecular complexity index is 6740. The molecule has 44 nitrogen and oxygen atoms in total. The fourth-order valence-electron chi connectivity index (χ4n) is 10.00. The Labute approximate surface area is 682 Å². The van der Waals surface area contributed by atoms with Gasteiger partial charge in [0.05, 0.1) is 83.1 Å². The highest BCUT2D eigenvalue weighted by Crippen LogP contribution is 2.44. The number of aromatic nitrogens is 3. The average Bonchev–Trinajstić information content (AvgIpc) is 1.31. The number of pyridine rings is 1. The summed E-state index contributed by atoms with van der Waals surface area (Å²) in [6.45, 7) is 9.85. The summed E-state index contributed by atoms with van der Waals surface area (Å²) < 4.78 is 216. The van der Waals surface area contributed by atoms with Gasteiger partial charge in [0.1, 0.15) is 65.1 Å². The van der Waals surface area contributed by atoms with Crippen LogP contribution in [0.25, 0.3) is 5.69 Å². The molecule has 0 aliphatic carbocycles. The molecule has 10 rings (SSSR count). The first kappa shape index (κ1) is 92.1. The van der Waals surface area contributed by atoms with E-state index in [4.69, 9.17) is 30.2 Å². The topological polar surface area (TPSA) is 671 Å². The van der Waals surface area contributed by atoms with Crippen LogP contribution in [0.2, 0.25) is 0 Å². The molecule has 0 saturated heterocycles. The van der Waals surface area contributed by atoms with Gasteiger partial charge in [-0.1, -0.05) is 53.1 Å². The third kappa shape index (κ3) is 24.6. The molecule has 0 fully saturated rings. The molecule has 0 spiro atoms. The maximum absolute atomic E-state index is 13.1. The monoisotopic (exact) mass is 1770 g/mol. The molecule has 0 atom stereocenters. The van der Waals surface area contributed by atoms with Gasteiger partial charge >= 0.3 is 0 Å². The van der Waals surface area contributed by atoms with Crippen molar-refractivity contribution in [3.8, 4) is 11.6 Å². The lowest BCUT2D eigenvalue weighted by Gasteiger charge is -2.14. The van der Waals surface area contributed by atoms with Crippen LogP contribution in [0.1, 0.15) is 40.4 Å². The minimum atomic E-state index is -4.93. The number of nitrogens with two attached hydrogens (primary N) is 2. The summed E-state index contributed by atoms with van der Waals surface area (Å²) >= 11 is 0. The Hall–Kier alpha value is -13.4. The molecular formula is C70H70N20O24S6. The third-order valence-electron chi connectivity index (χ3n) is 15.9. The molecule has 120 heavy (non-hydrogen) atoms. The largest absolute Gasteiger partial charge is 0.494 e. The maximum atomic E-state index is 13.1. The number of aromatic hydroxyl groups is 1. The lowest BCUT2D eigenvalue weighted by molar-refractivity contribution is 0.403. The summed E-state index contributed by atoms with van der Waals surface area (Å²) in [6.07, 6.45) is 3.14. The number of nitrogen functional groups attached to an aromatic ring is 2. The number of benzene rings is 8. The van der Waals surface area contributed by atoms with Gasteiger partial charge in [-0.15, -0.1) is 46.0 Å². The van der Waals surface area contributed by atoms with E-state index in [2.05, 4.69) is 81.4 Å². The molecule has 12 N–H and O–H groups in total. The van der Waals surface area contributed by atoms with Gasteiger partial charge in [-0.2, -0.15) is 65.8 Å². The van der Waals surface area contributed by atoms with Gasteiger partial charge in [-0.3, -0.25) is 46.6 Å². The zero-order valence-corrected chi connectivity index (χ0v) is 68.7. The number of anilines is 2. The minimum Gasteiger partial charge on any atom is -0.494 e. The van der Waals surface area contributed by atoms with E-state index in [9.17, 15) is 88.0 Å². The normalized spacial score (nSPS) is 12.6. The van der Waals surface area contributed by atoms with E-state index in [1.165, 1.54) is 60.3 Å². The molecule has 0 aliphatic heterocycles. The first-order valence-corrected chi connectivity index (χ1v) is 42.3. The number of hydrogen-bond acceptors (Lipinski definition) is 35. The summed E-state index contributed by atoms with van der Waals surface area (Å²) in [5.41, 5.74) is 11.5. The van der Waals surface area contributed by atoms with Crippen LogP contribution in [-0.2, 0) is 87.2 Å². The van der Waals surface area contributed by atoms with E-state index >= 15 is 0 Å².